The Hall–Kier alpha value is -1.48. The lowest BCUT2D eigenvalue weighted by Gasteiger charge is -2.02. The van der Waals surface area contributed by atoms with Crippen molar-refractivity contribution in [2.45, 2.75) is 6.92 Å². The van der Waals surface area contributed by atoms with E-state index in [0.29, 0.717) is 16.3 Å². The summed E-state index contributed by atoms with van der Waals surface area (Å²) in [5.74, 6) is -0.148. The molecule has 0 aliphatic carbocycles. The Morgan fingerprint density at radius 2 is 2.29 bits per heavy atom. The van der Waals surface area contributed by atoms with E-state index in [1.807, 2.05) is 0 Å². The van der Waals surface area contributed by atoms with Crippen molar-refractivity contribution < 1.29 is 9.21 Å². The van der Waals surface area contributed by atoms with Crippen LogP contribution >= 0.6 is 11.6 Å². The summed E-state index contributed by atoms with van der Waals surface area (Å²) < 4.78 is 5.23. The molecule has 0 aliphatic heterocycles. The van der Waals surface area contributed by atoms with Gasteiger partial charge in [0, 0.05) is 17.3 Å². The summed E-state index contributed by atoms with van der Waals surface area (Å²) in [4.78, 5) is 10.9. The monoisotopic (exact) mass is 209 g/mol. The predicted molar refractivity (Wildman–Crippen MR) is 55.5 cm³/mol. The Kier molecular flexibility index (Phi) is 2.17. The van der Waals surface area contributed by atoms with Crippen LogP contribution in [0.1, 0.15) is 6.92 Å². The van der Waals surface area contributed by atoms with Gasteiger partial charge in [-0.2, -0.15) is 0 Å². The zero-order valence-corrected chi connectivity index (χ0v) is 8.26. The summed E-state index contributed by atoms with van der Waals surface area (Å²) >= 11 is 5.87. The molecule has 0 atom stereocenters. The number of halogens is 1. The van der Waals surface area contributed by atoms with Crippen molar-refractivity contribution in [3.63, 3.8) is 0 Å². The SMILES string of the molecule is CC(=O)Nc1cc(Cl)cc2ccoc12. The highest BCUT2D eigenvalue weighted by Crippen LogP contribution is 2.28. The lowest BCUT2D eigenvalue weighted by Crippen LogP contribution is -2.05. The standard InChI is InChI=1S/C10H8ClNO2/c1-6(13)12-9-5-8(11)4-7-2-3-14-10(7)9/h2-5H,1H3,(H,12,13). The molecule has 0 saturated heterocycles. The molecule has 0 saturated carbocycles. The molecule has 72 valence electrons. The summed E-state index contributed by atoms with van der Waals surface area (Å²) in [6.45, 7) is 1.44. The number of hydrogen-bond acceptors (Lipinski definition) is 2. The minimum atomic E-state index is -0.148. The van der Waals surface area contributed by atoms with Crippen molar-refractivity contribution in [3.05, 3.63) is 29.5 Å². The van der Waals surface area contributed by atoms with Crippen molar-refractivity contribution in [2.75, 3.05) is 5.32 Å². The van der Waals surface area contributed by atoms with E-state index in [9.17, 15) is 4.79 Å². The van der Waals surface area contributed by atoms with E-state index in [4.69, 9.17) is 16.0 Å². The lowest BCUT2D eigenvalue weighted by atomic mass is 10.2. The molecule has 0 fully saturated rings. The first kappa shape index (κ1) is 9.09. The first-order valence-corrected chi connectivity index (χ1v) is 4.49. The van der Waals surface area contributed by atoms with Crippen molar-refractivity contribution in [2.24, 2.45) is 0 Å². The van der Waals surface area contributed by atoms with E-state index in [0.717, 1.165) is 5.39 Å². The molecule has 2 aromatic rings. The number of anilines is 1. The molecular weight excluding hydrogens is 202 g/mol. The zero-order chi connectivity index (χ0) is 10.1. The van der Waals surface area contributed by atoms with Crippen LogP contribution in [-0.4, -0.2) is 5.91 Å². The summed E-state index contributed by atoms with van der Waals surface area (Å²) in [5, 5.41) is 4.11. The number of amides is 1. The van der Waals surface area contributed by atoms with Crippen LogP contribution < -0.4 is 5.32 Å². The van der Waals surface area contributed by atoms with Gasteiger partial charge in [-0.25, -0.2) is 0 Å². The molecular formula is C10H8ClNO2. The zero-order valence-electron chi connectivity index (χ0n) is 7.50. The third kappa shape index (κ3) is 1.59. The third-order valence-corrected chi connectivity index (χ3v) is 2.04. The quantitative estimate of drug-likeness (QED) is 0.785. The molecule has 0 radical (unpaired) electrons. The molecule has 14 heavy (non-hydrogen) atoms. The molecule has 1 N–H and O–H groups in total. The highest BCUT2D eigenvalue weighted by atomic mass is 35.5. The molecule has 1 amide bonds. The van der Waals surface area contributed by atoms with Gasteiger partial charge in [-0.3, -0.25) is 4.79 Å². The molecule has 0 aliphatic rings. The van der Waals surface area contributed by atoms with Crippen LogP contribution in [0, 0.1) is 0 Å². The first-order valence-electron chi connectivity index (χ1n) is 4.11. The van der Waals surface area contributed by atoms with Crippen LogP contribution in [0.15, 0.2) is 28.9 Å². The number of fused-ring (bicyclic) bond motifs is 1. The molecule has 3 nitrogen and oxygen atoms in total. The number of carbonyl (C=O) groups is 1. The van der Waals surface area contributed by atoms with Crippen LogP contribution in [0.3, 0.4) is 0 Å². The summed E-state index contributed by atoms with van der Waals surface area (Å²) in [6, 6.07) is 5.24. The highest BCUT2D eigenvalue weighted by Gasteiger charge is 2.07. The minimum absolute atomic E-state index is 0.148. The summed E-state index contributed by atoms with van der Waals surface area (Å²) in [7, 11) is 0. The number of benzene rings is 1. The van der Waals surface area contributed by atoms with Gasteiger partial charge in [0.25, 0.3) is 0 Å². The Balaban J connectivity index is 2.60. The van der Waals surface area contributed by atoms with Crippen LogP contribution in [-0.2, 0) is 4.79 Å². The van der Waals surface area contributed by atoms with Crippen LogP contribution in [0.25, 0.3) is 11.0 Å². The second kappa shape index (κ2) is 3.35. The van der Waals surface area contributed by atoms with E-state index in [1.54, 1.807) is 24.5 Å². The smallest absolute Gasteiger partial charge is 0.221 e. The number of furan rings is 1. The fourth-order valence-corrected chi connectivity index (χ4v) is 1.55. The maximum atomic E-state index is 10.9. The Morgan fingerprint density at radius 1 is 1.50 bits per heavy atom. The second-order valence-electron chi connectivity index (χ2n) is 2.97. The molecule has 1 aromatic carbocycles. The normalized spacial score (nSPS) is 10.4. The maximum Gasteiger partial charge on any atom is 0.221 e. The van der Waals surface area contributed by atoms with Crippen LogP contribution in [0.2, 0.25) is 5.02 Å². The Bertz CT molecular complexity index is 490. The largest absolute Gasteiger partial charge is 0.462 e. The Labute approximate surface area is 85.7 Å². The first-order chi connectivity index (χ1) is 6.66. The van der Waals surface area contributed by atoms with E-state index >= 15 is 0 Å². The maximum absolute atomic E-state index is 10.9. The molecule has 1 aromatic heterocycles. The average Bonchev–Trinajstić information content (AvgIpc) is 2.50. The van der Waals surface area contributed by atoms with E-state index in [1.165, 1.54) is 6.92 Å². The fourth-order valence-electron chi connectivity index (χ4n) is 1.33. The predicted octanol–water partition coefficient (Wildman–Crippen LogP) is 3.04. The molecule has 0 bridgehead atoms. The number of hydrogen-bond donors (Lipinski definition) is 1. The summed E-state index contributed by atoms with van der Waals surface area (Å²) in [6.07, 6.45) is 1.56. The second-order valence-corrected chi connectivity index (χ2v) is 3.41. The average molecular weight is 210 g/mol. The van der Waals surface area contributed by atoms with Crippen LogP contribution in [0.4, 0.5) is 5.69 Å². The molecule has 0 spiro atoms. The van der Waals surface area contributed by atoms with E-state index < -0.39 is 0 Å². The van der Waals surface area contributed by atoms with Crippen molar-refractivity contribution >= 4 is 34.2 Å². The topological polar surface area (TPSA) is 42.2 Å². The Morgan fingerprint density at radius 3 is 3.00 bits per heavy atom. The fraction of sp³-hybridized carbons (Fsp3) is 0.100. The van der Waals surface area contributed by atoms with Gasteiger partial charge in [-0.05, 0) is 18.2 Å². The van der Waals surface area contributed by atoms with Gasteiger partial charge >= 0.3 is 0 Å². The minimum Gasteiger partial charge on any atom is -0.462 e. The van der Waals surface area contributed by atoms with Gasteiger partial charge in [0.1, 0.15) is 0 Å². The van der Waals surface area contributed by atoms with E-state index in [2.05, 4.69) is 5.32 Å². The van der Waals surface area contributed by atoms with Crippen molar-refractivity contribution in [1.29, 1.82) is 0 Å². The number of rotatable bonds is 1. The van der Waals surface area contributed by atoms with Gasteiger partial charge in [-0.1, -0.05) is 11.6 Å². The van der Waals surface area contributed by atoms with Crippen molar-refractivity contribution in [1.82, 2.24) is 0 Å². The van der Waals surface area contributed by atoms with Gasteiger partial charge in [-0.15, -0.1) is 0 Å². The highest BCUT2D eigenvalue weighted by molar-refractivity contribution is 6.32. The van der Waals surface area contributed by atoms with Gasteiger partial charge in [0.05, 0.1) is 12.0 Å². The van der Waals surface area contributed by atoms with E-state index in [-0.39, 0.29) is 5.91 Å². The van der Waals surface area contributed by atoms with Gasteiger partial charge < -0.3 is 9.73 Å². The summed E-state index contributed by atoms with van der Waals surface area (Å²) in [5.41, 5.74) is 1.25. The molecule has 0 unspecified atom stereocenters. The number of nitrogens with one attached hydrogen (secondary N) is 1. The molecule has 1 heterocycles. The molecule has 4 heteroatoms. The number of carbonyl (C=O) groups excluding carboxylic acids is 1. The van der Waals surface area contributed by atoms with Gasteiger partial charge in [0.2, 0.25) is 5.91 Å². The lowest BCUT2D eigenvalue weighted by molar-refractivity contribution is -0.114. The molecule has 2 rings (SSSR count). The van der Waals surface area contributed by atoms with Crippen LogP contribution in [0.5, 0.6) is 0 Å². The third-order valence-electron chi connectivity index (χ3n) is 1.83. The van der Waals surface area contributed by atoms with Gasteiger partial charge in [0.15, 0.2) is 5.58 Å². The van der Waals surface area contributed by atoms with Crippen molar-refractivity contribution in [3.8, 4) is 0 Å².